The van der Waals surface area contributed by atoms with Crippen molar-refractivity contribution in [3.8, 4) is 0 Å². The molecule has 1 aromatic rings. The van der Waals surface area contributed by atoms with Crippen molar-refractivity contribution < 1.29 is 19.5 Å². The minimum Gasteiger partial charge on any atom is -0.411 e. The summed E-state index contributed by atoms with van der Waals surface area (Å²) in [6.07, 6.45) is 10.2. The number of rotatable bonds is 5. The normalized spacial score (nSPS) is 35.9. The number of hydrogen-bond acceptors (Lipinski definition) is 5. The van der Waals surface area contributed by atoms with Gasteiger partial charge in [0.2, 0.25) is 0 Å². The van der Waals surface area contributed by atoms with Crippen LogP contribution in [0.15, 0.2) is 52.2 Å². The zero-order valence-corrected chi connectivity index (χ0v) is 20.0. The molecule has 176 valence electrons. The van der Waals surface area contributed by atoms with Crippen LogP contribution in [0.3, 0.4) is 0 Å². The van der Waals surface area contributed by atoms with Gasteiger partial charge in [-0.25, -0.2) is 0 Å². The average molecular weight is 450 g/mol. The lowest BCUT2D eigenvalue weighted by molar-refractivity contribution is -0.149. The van der Waals surface area contributed by atoms with Crippen LogP contribution >= 0.6 is 0 Å². The van der Waals surface area contributed by atoms with Gasteiger partial charge in [-0.2, -0.15) is 0 Å². The first-order valence-corrected chi connectivity index (χ1v) is 12.2. The third-order valence-corrected chi connectivity index (χ3v) is 9.34. The van der Waals surface area contributed by atoms with E-state index in [-0.39, 0.29) is 22.7 Å². The SMILES string of the molecule is COC[C@]1(OC)CC[C@H]2[C@H]3CCC4=CC(=O)CCC4=C3[C@@H](c3ccc(/C=N/O)cc3)C[C@@]21C. The summed E-state index contributed by atoms with van der Waals surface area (Å²) < 4.78 is 12.0. The highest BCUT2D eigenvalue weighted by atomic mass is 16.5. The van der Waals surface area contributed by atoms with E-state index in [1.807, 2.05) is 25.3 Å². The summed E-state index contributed by atoms with van der Waals surface area (Å²) >= 11 is 0. The fourth-order valence-corrected chi connectivity index (χ4v) is 7.78. The van der Waals surface area contributed by atoms with Crippen LogP contribution < -0.4 is 0 Å². The Morgan fingerprint density at radius 2 is 1.94 bits per heavy atom. The lowest BCUT2D eigenvalue weighted by atomic mass is 9.51. The van der Waals surface area contributed by atoms with Gasteiger partial charge in [0.1, 0.15) is 0 Å². The lowest BCUT2D eigenvalue weighted by Crippen LogP contribution is -2.54. The first kappa shape index (κ1) is 22.5. The maximum absolute atomic E-state index is 12.2. The fraction of sp³-hybridized carbons (Fsp3) is 0.571. The summed E-state index contributed by atoms with van der Waals surface area (Å²) in [5.74, 6) is 1.64. The Kier molecular flexibility index (Phi) is 5.82. The number of ether oxygens (including phenoxy) is 2. The molecule has 0 spiro atoms. The molecule has 0 amide bonds. The van der Waals surface area contributed by atoms with Crippen LogP contribution in [-0.4, -0.2) is 43.6 Å². The van der Waals surface area contributed by atoms with Crippen LogP contribution in [0.1, 0.15) is 68.9 Å². The van der Waals surface area contributed by atoms with Crippen molar-refractivity contribution in [2.75, 3.05) is 20.8 Å². The number of ketones is 1. The van der Waals surface area contributed by atoms with E-state index in [9.17, 15) is 4.79 Å². The Bertz CT molecular complexity index is 1020. The van der Waals surface area contributed by atoms with E-state index in [2.05, 4.69) is 24.2 Å². The zero-order chi connectivity index (χ0) is 23.2. The van der Waals surface area contributed by atoms with Gasteiger partial charge in [-0.3, -0.25) is 4.79 Å². The molecule has 5 atom stereocenters. The number of oxime groups is 1. The van der Waals surface area contributed by atoms with Gasteiger partial charge in [-0.15, -0.1) is 0 Å². The summed E-state index contributed by atoms with van der Waals surface area (Å²) in [4.78, 5) is 12.2. The molecule has 0 unspecified atom stereocenters. The number of hydrogen-bond donors (Lipinski definition) is 1. The Morgan fingerprint density at radius 3 is 2.64 bits per heavy atom. The van der Waals surface area contributed by atoms with Crippen LogP contribution in [0.25, 0.3) is 0 Å². The molecule has 0 radical (unpaired) electrons. The highest BCUT2D eigenvalue weighted by molar-refractivity contribution is 5.93. The molecule has 33 heavy (non-hydrogen) atoms. The molecule has 2 fully saturated rings. The van der Waals surface area contributed by atoms with Gasteiger partial charge in [0, 0.05) is 32.0 Å². The largest absolute Gasteiger partial charge is 0.411 e. The van der Waals surface area contributed by atoms with E-state index in [0.717, 1.165) is 44.1 Å². The molecule has 4 aliphatic carbocycles. The highest BCUT2D eigenvalue weighted by Crippen LogP contribution is 2.67. The molecule has 5 nitrogen and oxygen atoms in total. The second kappa shape index (κ2) is 8.52. The molecule has 0 aromatic heterocycles. The summed E-state index contributed by atoms with van der Waals surface area (Å²) in [6.45, 7) is 3.05. The molecule has 0 heterocycles. The number of nitrogens with zero attached hydrogens (tertiary/aromatic N) is 1. The van der Waals surface area contributed by atoms with Crippen molar-refractivity contribution in [2.45, 2.75) is 63.4 Å². The van der Waals surface area contributed by atoms with Crippen molar-refractivity contribution >= 4 is 12.0 Å². The Balaban J connectivity index is 1.65. The number of allylic oxidation sites excluding steroid dienone is 4. The molecular weight excluding hydrogens is 414 g/mol. The van der Waals surface area contributed by atoms with E-state index in [1.165, 1.54) is 22.9 Å². The highest BCUT2D eigenvalue weighted by Gasteiger charge is 2.63. The first-order chi connectivity index (χ1) is 16.0. The summed E-state index contributed by atoms with van der Waals surface area (Å²) in [7, 11) is 3.64. The van der Waals surface area contributed by atoms with Crippen molar-refractivity contribution in [1.82, 2.24) is 0 Å². The minimum atomic E-state index is -0.275. The molecule has 1 N–H and O–H groups in total. The first-order valence-electron chi connectivity index (χ1n) is 12.2. The van der Waals surface area contributed by atoms with Gasteiger partial charge >= 0.3 is 0 Å². The quantitative estimate of drug-likeness (QED) is 0.370. The van der Waals surface area contributed by atoms with Crippen molar-refractivity contribution in [2.24, 2.45) is 22.4 Å². The monoisotopic (exact) mass is 449 g/mol. The van der Waals surface area contributed by atoms with E-state index in [4.69, 9.17) is 14.7 Å². The fourth-order valence-electron chi connectivity index (χ4n) is 7.78. The maximum Gasteiger partial charge on any atom is 0.156 e. The molecule has 4 aliphatic rings. The maximum atomic E-state index is 12.2. The van der Waals surface area contributed by atoms with Crippen molar-refractivity contribution in [3.05, 3.63) is 58.2 Å². The van der Waals surface area contributed by atoms with Crippen molar-refractivity contribution in [1.29, 1.82) is 0 Å². The number of fused-ring (bicyclic) bond motifs is 4. The molecule has 0 saturated heterocycles. The zero-order valence-electron chi connectivity index (χ0n) is 20.0. The Morgan fingerprint density at radius 1 is 1.15 bits per heavy atom. The van der Waals surface area contributed by atoms with Crippen LogP contribution in [0.5, 0.6) is 0 Å². The summed E-state index contributed by atoms with van der Waals surface area (Å²) in [5.41, 5.74) is 6.23. The van der Waals surface area contributed by atoms with E-state index in [0.29, 0.717) is 24.9 Å². The predicted molar refractivity (Wildman–Crippen MR) is 128 cm³/mol. The van der Waals surface area contributed by atoms with Crippen LogP contribution in [-0.2, 0) is 14.3 Å². The Hall–Kier alpha value is -2.24. The summed E-state index contributed by atoms with van der Waals surface area (Å²) in [6, 6.07) is 8.42. The number of carbonyl (C=O) groups is 1. The van der Waals surface area contributed by atoms with Gasteiger partial charge < -0.3 is 14.7 Å². The molecule has 0 aliphatic heterocycles. The van der Waals surface area contributed by atoms with Gasteiger partial charge in [-0.05, 0) is 78.7 Å². The molecular formula is C28H35NO4. The smallest absolute Gasteiger partial charge is 0.156 e. The number of methoxy groups -OCH3 is 2. The summed E-state index contributed by atoms with van der Waals surface area (Å²) in [5, 5.41) is 12.1. The van der Waals surface area contributed by atoms with E-state index >= 15 is 0 Å². The third-order valence-electron chi connectivity index (χ3n) is 9.34. The Labute approximate surface area is 196 Å². The topological polar surface area (TPSA) is 68.1 Å². The molecule has 2 saturated carbocycles. The molecule has 1 aromatic carbocycles. The van der Waals surface area contributed by atoms with Gasteiger partial charge in [0.05, 0.1) is 18.4 Å². The van der Waals surface area contributed by atoms with Gasteiger partial charge in [-0.1, -0.05) is 41.9 Å². The van der Waals surface area contributed by atoms with Crippen LogP contribution in [0, 0.1) is 17.3 Å². The van der Waals surface area contributed by atoms with Crippen molar-refractivity contribution in [3.63, 3.8) is 0 Å². The second-order valence-corrected chi connectivity index (χ2v) is 10.6. The van der Waals surface area contributed by atoms with Crippen LogP contribution in [0.4, 0.5) is 0 Å². The number of benzene rings is 1. The average Bonchev–Trinajstić information content (AvgIpc) is 3.11. The minimum absolute atomic E-state index is 0.00802. The third kappa shape index (κ3) is 3.43. The van der Waals surface area contributed by atoms with E-state index < -0.39 is 0 Å². The molecule has 0 bridgehead atoms. The second-order valence-electron chi connectivity index (χ2n) is 10.6. The predicted octanol–water partition coefficient (Wildman–Crippen LogP) is 5.43. The molecule has 5 heteroatoms. The van der Waals surface area contributed by atoms with Gasteiger partial charge in [0.25, 0.3) is 0 Å². The molecule has 5 rings (SSSR count). The number of carbonyl (C=O) groups excluding carboxylic acids is 1. The van der Waals surface area contributed by atoms with Gasteiger partial charge in [0.15, 0.2) is 5.78 Å². The lowest BCUT2D eigenvalue weighted by Gasteiger charge is -2.55. The van der Waals surface area contributed by atoms with Crippen LogP contribution in [0.2, 0.25) is 0 Å². The standard InChI is InChI=1S/C28H35NO4/c1-27-15-24(19-6-4-18(5-7-19)16-29-31)26-22-11-9-21(30)14-20(22)8-10-23(26)25(27)12-13-28(27,33-3)17-32-2/h4-7,14,16,23-25,31H,8-13,15,17H2,1-3H3/b29-16+/t23-,24-,25+,27+,28-/m1/s1. The van der Waals surface area contributed by atoms with E-state index in [1.54, 1.807) is 12.7 Å².